The van der Waals surface area contributed by atoms with Crippen LogP contribution < -0.4 is 5.73 Å². The van der Waals surface area contributed by atoms with Gasteiger partial charge in [0, 0.05) is 17.0 Å². The Morgan fingerprint density at radius 1 is 1.41 bits per heavy atom. The zero-order chi connectivity index (χ0) is 11.5. The number of hydrogen-bond donors (Lipinski definition) is 1. The first-order chi connectivity index (χ1) is 7.72. The highest BCUT2D eigenvalue weighted by Gasteiger charge is 2.11. The van der Waals surface area contributed by atoms with E-state index in [4.69, 9.17) is 17.3 Å². The fourth-order valence-electron chi connectivity index (χ4n) is 1.68. The Morgan fingerprint density at radius 3 is 2.82 bits per heavy atom. The van der Waals surface area contributed by atoms with Crippen LogP contribution in [0.15, 0.2) is 43.0 Å². The first kappa shape index (κ1) is 14.0. The number of nitrogens with zero attached hydrogens (tertiary/aromatic N) is 1. The van der Waals surface area contributed by atoms with Crippen molar-refractivity contribution in [2.24, 2.45) is 5.73 Å². The van der Waals surface area contributed by atoms with E-state index in [0.29, 0.717) is 11.6 Å². The van der Waals surface area contributed by atoms with Crippen molar-refractivity contribution in [2.45, 2.75) is 12.5 Å². The SMILES string of the molecule is C=CC[C@H](N)c1cc2ccccc2nc1Cl.Cl. The van der Waals surface area contributed by atoms with Crippen LogP contribution in [-0.2, 0) is 0 Å². The van der Waals surface area contributed by atoms with Gasteiger partial charge in [0.2, 0.25) is 0 Å². The first-order valence-corrected chi connectivity index (χ1v) is 5.52. The monoisotopic (exact) mass is 268 g/mol. The van der Waals surface area contributed by atoms with Gasteiger partial charge in [0.05, 0.1) is 5.52 Å². The highest BCUT2D eigenvalue weighted by molar-refractivity contribution is 6.30. The summed E-state index contributed by atoms with van der Waals surface area (Å²) in [6, 6.07) is 9.71. The molecule has 0 aliphatic rings. The summed E-state index contributed by atoms with van der Waals surface area (Å²) in [5.41, 5.74) is 7.77. The average Bonchev–Trinajstić information content (AvgIpc) is 2.28. The lowest BCUT2D eigenvalue weighted by atomic mass is 10.0. The molecule has 90 valence electrons. The minimum Gasteiger partial charge on any atom is -0.324 e. The predicted octanol–water partition coefficient (Wildman–Crippen LogP) is 3.89. The maximum Gasteiger partial charge on any atom is 0.134 e. The van der Waals surface area contributed by atoms with Crippen molar-refractivity contribution in [3.63, 3.8) is 0 Å². The lowest BCUT2D eigenvalue weighted by Gasteiger charge is -2.12. The summed E-state index contributed by atoms with van der Waals surface area (Å²) in [6.45, 7) is 3.67. The Morgan fingerprint density at radius 2 is 2.12 bits per heavy atom. The van der Waals surface area contributed by atoms with E-state index in [1.165, 1.54) is 0 Å². The molecule has 0 amide bonds. The van der Waals surface area contributed by atoms with E-state index >= 15 is 0 Å². The van der Waals surface area contributed by atoms with Crippen molar-refractivity contribution in [3.05, 3.63) is 53.7 Å². The van der Waals surface area contributed by atoms with E-state index in [9.17, 15) is 0 Å². The van der Waals surface area contributed by atoms with Crippen LogP contribution in [0.5, 0.6) is 0 Å². The largest absolute Gasteiger partial charge is 0.324 e. The Hall–Kier alpha value is -1.09. The van der Waals surface area contributed by atoms with Gasteiger partial charge in [-0.25, -0.2) is 4.98 Å². The van der Waals surface area contributed by atoms with Crippen molar-refractivity contribution in [1.29, 1.82) is 0 Å². The molecule has 2 N–H and O–H groups in total. The maximum atomic E-state index is 6.11. The summed E-state index contributed by atoms with van der Waals surface area (Å²) in [5.74, 6) is 0. The summed E-state index contributed by atoms with van der Waals surface area (Å²) in [7, 11) is 0. The second-order valence-electron chi connectivity index (χ2n) is 3.69. The lowest BCUT2D eigenvalue weighted by molar-refractivity contribution is 0.740. The van der Waals surface area contributed by atoms with Gasteiger partial charge in [-0.1, -0.05) is 35.9 Å². The van der Waals surface area contributed by atoms with Gasteiger partial charge in [-0.2, -0.15) is 0 Å². The molecular formula is C13H14Cl2N2. The van der Waals surface area contributed by atoms with Gasteiger partial charge >= 0.3 is 0 Å². The Balaban J connectivity index is 0.00000144. The Kier molecular flexibility index (Phi) is 4.94. The number of rotatable bonds is 3. The minimum atomic E-state index is -0.137. The molecule has 1 heterocycles. The molecule has 1 aromatic heterocycles. The Labute approximate surface area is 112 Å². The molecule has 2 nitrogen and oxygen atoms in total. The summed E-state index contributed by atoms with van der Waals surface area (Å²) in [6.07, 6.45) is 2.48. The van der Waals surface area contributed by atoms with Gasteiger partial charge in [0.25, 0.3) is 0 Å². The lowest BCUT2D eigenvalue weighted by Crippen LogP contribution is -2.10. The second-order valence-corrected chi connectivity index (χ2v) is 4.05. The molecule has 0 saturated carbocycles. The summed E-state index contributed by atoms with van der Waals surface area (Å²) >= 11 is 6.11. The highest BCUT2D eigenvalue weighted by atomic mass is 35.5. The fraction of sp³-hybridized carbons (Fsp3) is 0.154. The number of fused-ring (bicyclic) bond motifs is 1. The molecular weight excluding hydrogens is 255 g/mol. The predicted molar refractivity (Wildman–Crippen MR) is 75.7 cm³/mol. The van der Waals surface area contributed by atoms with Crippen LogP contribution in [0.25, 0.3) is 10.9 Å². The van der Waals surface area contributed by atoms with Crippen molar-refractivity contribution in [2.75, 3.05) is 0 Å². The first-order valence-electron chi connectivity index (χ1n) is 5.14. The highest BCUT2D eigenvalue weighted by Crippen LogP contribution is 2.26. The fourth-order valence-corrected chi connectivity index (χ4v) is 1.96. The summed E-state index contributed by atoms with van der Waals surface area (Å²) in [4.78, 5) is 4.33. The van der Waals surface area contributed by atoms with E-state index in [0.717, 1.165) is 16.5 Å². The maximum absolute atomic E-state index is 6.11. The van der Waals surface area contributed by atoms with Crippen molar-refractivity contribution in [1.82, 2.24) is 4.98 Å². The van der Waals surface area contributed by atoms with Crippen LogP contribution in [0.1, 0.15) is 18.0 Å². The van der Waals surface area contributed by atoms with Gasteiger partial charge in [-0.15, -0.1) is 19.0 Å². The minimum absolute atomic E-state index is 0. The normalized spacial score (nSPS) is 11.9. The molecule has 1 atom stereocenters. The summed E-state index contributed by atoms with van der Waals surface area (Å²) < 4.78 is 0. The van der Waals surface area contributed by atoms with Gasteiger partial charge in [0.1, 0.15) is 5.15 Å². The van der Waals surface area contributed by atoms with Crippen LogP contribution in [0, 0.1) is 0 Å². The van der Waals surface area contributed by atoms with Gasteiger partial charge < -0.3 is 5.73 Å². The molecule has 0 saturated heterocycles. The van der Waals surface area contributed by atoms with Crippen molar-refractivity contribution < 1.29 is 0 Å². The Bertz CT molecular complexity index is 526. The zero-order valence-corrected chi connectivity index (χ0v) is 10.8. The third kappa shape index (κ3) is 2.97. The van der Waals surface area contributed by atoms with Crippen LogP contribution >= 0.6 is 24.0 Å². The number of aromatic nitrogens is 1. The number of pyridine rings is 1. The number of hydrogen-bond acceptors (Lipinski definition) is 2. The molecule has 2 rings (SSSR count). The molecule has 1 aromatic carbocycles. The average molecular weight is 269 g/mol. The summed E-state index contributed by atoms with van der Waals surface area (Å²) in [5, 5.41) is 1.54. The zero-order valence-electron chi connectivity index (χ0n) is 9.27. The van der Waals surface area contributed by atoms with Crippen LogP contribution in [-0.4, -0.2) is 4.98 Å². The number of halogens is 2. The van der Waals surface area contributed by atoms with E-state index in [1.807, 2.05) is 30.3 Å². The molecule has 0 fully saturated rings. The molecule has 0 unspecified atom stereocenters. The number of nitrogens with two attached hydrogens (primary N) is 1. The van der Waals surface area contributed by atoms with E-state index in [1.54, 1.807) is 6.08 Å². The second kappa shape index (κ2) is 6.01. The van der Waals surface area contributed by atoms with Crippen LogP contribution in [0.2, 0.25) is 5.15 Å². The molecule has 4 heteroatoms. The van der Waals surface area contributed by atoms with Gasteiger partial charge in [-0.3, -0.25) is 0 Å². The van der Waals surface area contributed by atoms with Crippen LogP contribution in [0.3, 0.4) is 0 Å². The van der Waals surface area contributed by atoms with E-state index in [2.05, 4.69) is 11.6 Å². The number of benzene rings is 1. The molecule has 17 heavy (non-hydrogen) atoms. The molecule has 2 aromatic rings. The molecule has 0 aliphatic heterocycles. The van der Waals surface area contributed by atoms with Gasteiger partial charge in [0.15, 0.2) is 0 Å². The van der Waals surface area contributed by atoms with E-state index < -0.39 is 0 Å². The molecule has 0 radical (unpaired) electrons. The third-order valence-electron chi connectivity index (χ3n) is 2.52. The molecule has 0 spiro atoms. The molecule has 0 bridgehead atoms. The van der Waals surface area contributed by atoms with Crippen molar-refractivity contribution in [3.8, 4) is 0 Å². The smallest absolute Gasteiger partial charge is 0.134 e. The van der Waals surface area contributed by atoms with Crippen molar-refractivity contribution >= 4 is 34.9 Å². The molecule has 0 aliphatic carbocycles. The quantitative estimate of drug-likeness (QED) is 0.678. The van der Waals surface area contributed by atoms with E-state index in [-0.39, 0.29) is 18.4 Å². The number of para-hydroxylation sites is 1. The van der Waals surface area contributed by atoms with Crippen LogP contribution in [0.4, 0.5) is 0 Å². The standard InChI is InChI=1S/C13H13ClN2.ClH/c1-2-5-11(15)10-8-9-6-3-4-7-12(9)16-13(10)14;/h2-4,6-8,11H,1,5,15H2;1H/t11-;/m0./s1. The van der Waals surface area contributed by atoms with Gasteiger partial charge in [-0.05, 0) is 18.6 Å². The topological polar surface area (TPSA) is 38.9 Å². The third-order valence-corrected chi connectivity index (χ3v) is 2.83.